The molecule has 21 heavy (non-hydrogen) atoms. The van der Waals surface area contributed by atoms with Gasteiger partial charge in [0.2, 0.25) is 0 Å². The number of carbonyl (C=O) groups is 1. The van der Waals surface area contributed by atoms with E-state index in [2.05, 4.69) is 11.1 Å². The number of hydrogen-bond donors (Lipinski definition) is 1. The first kappa shape index (κ1) is 13.1. The number of fused-ring (bicyclic) bond motifs is 1. The molecule has 3 aromatic rings. The first-order chi connectivity index (χ1) is 10.1. The molecule has 0 aliphatic carbocycles. The molecule has 0 atom stereocenters. The Morgan fingerprint density at radius 2 is 1.86 bits per heavy atom. The number of nitrogens with zero attached hydrogens (tertiary/aromatic N) is 1. The van der Waals surface area contributed by atoms with Gasteiger partial charge in [-0.3, -0.25) is 4.79 Å². The summed E-state index contributed by atoms with van der Waals surface area (Å²) in [6.07, 6.45) is 1.69. The molecule has 1 N–H and O–H groups in total. The smallest absolute Gasteiger partial charge is 0.195 e. The van der Waals surface area contributed by atoms with E-state index in [1.807, 2.05) is 44.2 Å². The van der Waals surface area contributed by atoms with E-state index in [-0.39, 0.29) is 5.78 Å². The molecule has 0 amide bonds. The second-order valence-electron chi connectivity index (χ2n) is 5.25. The van der Waals surface area contributed by atoms with Crippen LogP contribution in [0.4, 0.5) is 0 Å². The van der Waals surface area contributed by atoms with Gasteiger partial charge in [0.05, 0.1) is 11.6 Å². The molecule has 0 radical (unpaired) electrons. The van der Waals surface area contributed by atoms with Gasteiger partial charge in [0.15, 0.2) is 5.78 Å². The highest BCUT2D eigenvalue weighted by molar-refractivity contribution is 6.17. The topological polar surface area (TPSA) is 56.6 Å². The van der Waals surface area contributed by atoms with Crippen molar-refractivity contribution < 1.29 is 4.79 Å². The Morgan fingerprint density at radius 1 is 1.14 bits per heavy atom. The molecule has 3 nitrogen and oxygen atoms in total. The van der Waals surface area contributed by atoms with Gasteiger partial charge in [-0.2, -0.15) is 5.26 Å². The molecule has 102 valence electrons. The third-order valence-corrected chi connectivity index (χ3v) is 3.55. The van der Waals surface area contributed by atoms with Crippen molar-refractivity contribution in [2.75, 3.05) is 0 Å². The minimum atomic E-state index is -0.0595. The molecule has 0 spiro atoms. The lowest BCUT2D eigenvalue weighted by molar-refractivity contribution is 0.104. The molecule has 3 heteroatoms. The van der Waals surface area contributed by atoms with Crippen LogP contribution in [0.2, 0.25) is 0 Å². The number of nitriles is 1. The fourth-order valence-electron chi connectivity index (χ4n) is 2.72. The summed E-state index contributed by atoms with van der Waals surface area (Å²) in [6, 6.07) is 13.4. The number of hydrogen-bond acceptors (Lipinski definition) is 2. The summed E-state index contributed by atoms with van der Waals surface area (Å²) >= 11 is 0. The second-order valence-corrected chi connectivity index (χ2v) is 5.25. The minimum absolute atomic E-state index is 0.0595. The van der Waals surface area contributed by atoms with E-state index in [1.165, 1.54) is 0 Å². The zero-order valence-corrected chi connectivity index (χ0v) is 11.9. The highest BCUT2D eigenvalue weighted by Crippen LogP contribution is 2.25. The van der Waals surface area contributed by atoms with Crippen LogP contribution in [0.5, 0.6) is 0 Å². The van der Waals surface area contributed by atoms with Gasteiger partial charge in [0.25, 0.3) is 0 Å². The van der Waals surface area contributed by atoms with Crippen molar-refractivity contribution >= 4 is 16.7 Å². The van der Waals surface area contributed by atoms with Gasteiger partial charge in [-0.1, -0.05) is 23.3 Å². The quantitative estimate of drug-likeness (QED) is 0.721. The maximum Gasteiger partial charge on any atom is 0.195 e. The molecule has 0 aliphatic rings. The number of nitrogens with one attached hydrogen (secondary N) is 1. The van der Waals surface area contributed by atoms with Crippen molar-refractivity contribution in [2.45, 2.75) is 13.8 Å². The van der Waals surface area contributed by atoms with Crippen molar-refractivity contribution in [1.29, 1.82) is 5.26 Å². The summed E-state index contributed by atoms with van der Waals surface area (Å²) in [7, 11) is 0. The van der Waals surface area contributed by atoms with Gasteiger partial charge in [-0.15, -0.1) is 0 Å². The SMILES string of the molecule is Cc1cc(C)cc(C(=O)c2c[nH]c3cccc(C#N)c23)c1. The van der Waals surface area contributed by atoms with Crippen LogP contribution in [0.15, 0.2) is 42.6 Å². The average Bonchev–Trinajstić information content (AvgIpc) is 2.89. The highest BCUT2D eigenvalue weighted by Gasteiger charge is 2.17. The maximum absolute atomic E-state index is 12.8. The Kier molecular flexibility index (Phi) is 3.08. The van der Waals surface area contributed by atoms with E-state index in [9.17, 15) is 10.1 Å². The standard InChI is InChI=1S/C18H14N2O/c1-11-6-12(2)8-14(7-11)18(21)15-10-20-16-5-3-4-13(9-19)17(15)16/h3-8,10,20H,1-2H3. The van der Waals surface area contributed by atoms with Gasteiger partial charge >= 0.3 is 0 Å². The Morgan fingerprint density at radius 3 is 2.52 bits per heavy atom. The normalized spacial score (nSPS) is 10.5. The molecule has 0 saturated heterocycles. The van der Waals surface area contributed by atoms with Crippen molar-refractivity contribution in [1.82, 2.24) is 4.98 Å². The minimum Gasteiger partial charge on any atom is -0.360 e. The zero-order chi connectivity index (χ0) is 15.0. The second kappa shape index (κ2) is 4.92. The van der Waals surface area contributed by atoms with Gasteiger partial charge in [-0.05, 0) is 38.1 Å². The van der Waals surface area contributed by atoms with Gasteiger partial charge < -0.3 is 4.98 Å². The Bertz CT molecular complexity index is 877. The van der Waals surface area contributed by atoms with Crippen LogP contribution < -0.4 is 0 Å². The molecule has 3 rings (SSSR count). The fraction of sp³-hybridized carbons (Fsp3) is 0.111. The third kappa shape index (κ3) is 2.21. The number of aromatic nitrogens is 1. The van der Waals surface area contributed by atoms with Crippen LogP contribution in [0, 0.1) is 25.2 Å². The number of aromatic amines is 1. The summed E-state index contributed by atoms with van der Waals surface area (Å²) in [5, 5.41) is 9.94. The van der Waals surface area contributed by atoms with Crippen molar-refractivity contribution in [3.63, 3.8) is 0 Å². The number of aryl methyl sites for hydroxylation is 2. The molecule has 0 unspecified atom stereocenters. The van der Waals surface area contributed by atoms with Crippen LogP contribution in [-0.4, -0.2) is 10.8 Å². The van der Waals surface area contributed by atoms with Crippen LogP contribution in [0.25, 0.3) is 10.9 Å². The highest BCUT2D eigenvalue weighted by atomic mass is 16.1. The molecule has 1 heterocycles. The third-order valence-electron chi connectivity index (χ3n) is 3.55. The average molecular weight is 274 g/mol. The number of ketones is 1. The predicted molar refractivity (Wildman–Crippen MR) is 82.4 cm³/mol. The van der Waals surface area contributed by atoms with Crippen LogP contribution in [0.1, 0.15) is 32.6 Å². The summed E-state index contributed by atoms with van der Waals surface area (Å²) in [5.74, 6) is -0.0595. The molecule has 1 aromatic heterocycles. The number of carbonyl (C=O) groups excluding carboxylic acids is 1. The number of benzene rings is 2. The molecule has 0 saturated carbocycles. The van der Waals surface area contributed by atoms with Gasteiger partial charge in [0, 0.05) is 28.2 Å². The van der Waals surface area contributed by atoms with Crippen LogP contribution in [-0.2, 0) is 0 Å². The lowest BCUT2D eigenvalue weighted by Crippen LogP contribution is -2.02. The zero-order valence-electron chi connectivity index (χ0n) is 11.9. The Balaban J connectivity index is 2.21. The van der Waals surface area contributed by atoms with Crippen molar-refractivity contribution in [2.24, 2.45) is 0 Å². The molecule has 0 fully saturated rings. The first-order valence-electron chi connectivity index (χ1n) is 6.73. The summed E-state index contributed by atoms with van der Waals surface area (Å²) < 4.78 is 0. The van der Waals surface area contributed by atoms with Crippen LogP contribution in [0.3, 0.4) is 0 Å². The Hall–Kier alpha value is -2.86. The lowest BCUT2D eigenvalue weighted by Gasteiger charge is -2.04. The molecule has 0 aliphatic heterocycles. The largest absolute Gasteiger partial charge is 0.360 e. The Labute approximate surface area is 122 Å². The summed E-state index contributed by atoms with van der Waals surface area (Å²) in [4.78, 5) is 15.8. The number of H-pyrrole nitrogens is 1. The van der Waals surface area contributed by atoms with E-state index in [0.29, 0.717) is 22.1 Å². The monoisotopic (exact) mass is 274 g/mol. The van der Waals surface area contributed by atoms with Crippen molar-refractivity contribution in [3.05, 3.63) is 70.4 Å². The number of rotatable bonds is 2. The molecule has 2 aromatic carbocycles. The molecule has 0 bridgehead atoms. The molecular weight excluding hydrogens is 260 g/mol. The van der Waals surface area contributed by atoms with Crippen molar-refractivity contribution in [3.8, 4) is 6.07 Å². The van der Waals surface area contributed by atoms with Gasteiger partial charge in [0.1, 0.15) is 0 Å². The van der Waals surface area contributed by atoms with E-state index < -0.39 is 0 Å². The van der Waals surface area contributed by atoms with Gasteiger partial charge in [-0.25, -0.2) is 0 Å². The van der Waals surface area contributed by atoms with E-state index in [4.69, 9.17) is 0 Å². The first-order valence-corrected chi connectivity index (χ1v) is 6.73. The molecular formula is C18H14N2O. The lowest BCUT2D eigenvalue weighted by atomic mass is 9.97. The van der Waals surface area contributed by atoms with E-state index >= 15 is 0 Å². The summed E-state index contributed by atoms with van der Waals surface area (Å²) in [6.45, 7) is 3.94. The summed E-state index contributed by atoms with van der Waals surface area (Å²) in [5.41, 5.74) is 4.63. The predicted octanol–water partition coefficient (Wildman–Crippen LogP) is 3.89. The van der Waals surface area contributed by atoms with Crippen LogP contribution >= 0.6 is 0 Å². The van der Waals surface area contributed by atoms with E-state index in [0.717, 1.165) is 16.6 Å². The maximum atomic E-state index is 12.8. The fourth-order valence-corrected chi connectivity index (χ4v) is 2.72. The van der Waals surface area contributed by atoms with E-state index in [1.54, 1.807) is 12.3 Å².